The van der Waals surface area contributed by atoms with E-state index in [1.54, 1.807) is 24.4 Å². The molecule has 0 radical (unpaired) electrons. The van der Waals surface area contributed by atoms with Crippen LogP contribution in [0.3, 0.4) is 0 Å². The summed E-state index contributed by atoms with van der Waals surface area (Å²) < 4.78 is 0. The molecule has 0 saturated carbocycles. The molecule has 1 atom stereocenters. The Bertz CT molecular complexity index is 768. The van der Waals surface area contributed by atoms with E-state index in [2.05, 4.69) is 4.98 Å². The molecule has 0 saturated heterocycles. The van der Waals surface area contributed by atoms with Crippen LogP contribution in [0.25, 0.3) is 10.9 Å². The van der Waals surface area contributed by atoms with Gasteiger partial charge in [0, 0.05) is 32.8 Å². The summed E-state index contributed by atoms with van der Waals surface area (Å²) in [6.45, 7) is 0. The molecular weight excluding hydrogens is 293 g/mol. The van der Waals surface area contributed by atoms with E-state index in [9.17, 15) is 5.11 Å². The second-order valence-electron chi connectivity index (χ2n) is 4.49. The second-order valence-corrected chi connectivity index (χ2v) is 5.33. The van der Waals surface area contributed by atoms with Gasteiger partial charge in [0.15, 0.2) is 0 Å². The molecule has 0 spiro atoms. The Kier molecular flexibility index (Phi) is 3.62. The monoisotopic (exact) mass is 303 g/mol. The zero-order valence-corrected chi connectivity index (χ0v) is 11.9. The third kappa shape index (κ3) is 2.38. The van der Waals surface area contributed by atoms with E-state index >= 15 is 0 Å². The van der Waals surface area contributed by atoms with Gasteiger partial charge in [-0.05, 0) is 24.3 Å². The van der Waals surface area contributed by atoms with Gasteiger partial charge >= 0.3 is 0 Å². The number of benzene rings is 2. The molecule has 0 bridgehead atoms. The van der Waals surface area contributed by atoms with Gasteiger partial charge in [-0.15, -0.1) is 0 Å². The summed E-state index contributed by atoms with van der Waals surface area (Å²) in [7, 11) is 0. The largest absolute Gasteiger partial charge is 0.384 e. The lowest BCUT2D eigenvalue weighted by molar-refractivity contribution is 0.222. The van der Waals surface area contributed by atoms with Crippen molar-refractivity contribution in [1.82, 2.24) is 4.98 Å². The third-order valence-electron chi connectivity index (χ3n) is 3.21. The number of para-hydroxylation sites is 1. The molecule has 2 aromatic carbocycles. The lowest BCUT2D eigenvalue weighted by Gasteiger charge is -2.15. The number of hydrogen-bond acceptors (Lipinski definition) is 2. The van der Waals surface area contributed by atoms with Crippen LogP contribution in [-0.4, -0.2) is 10.1 Å². The fourth-order valence-electron chi connectivity index (χ4n) is 2.24. The fourth-order valence-corrected chi connectivity index (χ4v) is 2.64. The predicted octanol–water partition coefficient (Wildman–Crippen LogP) is 4.62. The number of pyridine rings is 1. The maximum atomic E-state index is 10.6. The number of fused-ring (bicyclic) bond motifs is 1. The third-order valence-corrected chi connectivity index (χ3v) is 3.79. The van der Waals surface area contributed by atoms with Crippen molar-refractivity contribution in [2.75, 3.05) is 0 Å². The van der Waals surface area contributed by atoms with Crippen molar-refractivity contribution in [2.45, 2.75) is 6.10 Å². The first-order chi connectivity index (χ1) is 9.66. The Hall–Kier alpha value is -1.61. The number of aliphatic hydroxyl groups is 1. The van der Waals surface area contributed by atoms with Crippen molar-refractivity contribution in [1.29, 1.82) is 0 Å². The molecule has 1 N–H and O–H groups in total. The van der Waals surface area contributed by atoms with Crippen LogP contribution in [-0.2, 0) is 0 Å². The topological polar surface area (TPSA) is 33.1 Å². The van der Waals surface area contributed by atoms with Crippen molar-refractivity contribution in [3.63, 3.8) is 0 Å². The standard InChI is InChI=1S/C16H11Cl2NO/c17-11-6-7-14(18)13(9-11)16(20)12-5-1-3-10-4-2-8-19-15(10)12/h1-9,16,20H. The van der Waals surface area contributed by atoms with Crippen LogP contribution in [0.15, 0.2) is 54.7 Å². The van der Waals surface area contributed by atoms with E-state index in [0.29, 0.717) is 21.2 Å². The van der Waals surface area contributed by atoms with Crippen molar-refractivity contribution in [2.24, 2.45) is 0 Å². The smallest absolute Gasteiger partial charge is 0.108 e. The average molecular weight is 304 g/mol. The van der Waals surface area contributed by atoms with Gasteiger partial charge in [-0.2, -0.15) is 0 Å². The molecule has 0 aliphatic carbocycles. The van der Waals surface area contributed by atoms with E-state index in [0.717, 1.165) is 10.9 Å². The summed E-state index contributed by atoms with van der Waals surface area (Å²) in [5.41, 5.74) is 2.06. The molecule has 1 aromatic heterocycles. The van der Waals surface area contributed by atoms with E-state index in [4.69, 9.17) is 23.2 Å². The van der Waals surface area contributed by atoms with Crippen molar-refractivity contribution in [3.05, 3.63) is 75.9 Å². The van der Waals surface area contributed by atoms with E-state index in [1.165, 1.54) is 0 Å². The van der Waals surface area contributed by atoms with Gasteiger partial charge in [0.1, 0.15) is 6.10 Å². The van der Waals surface area contributed by atoms with Crippen LogP contribution in [0.2, 0.25) is 10.0 Å². The highest BCUT2D eigenvalue weighted by atomic mass is 35.5. The molecule has 2 nitrogen and oxygen atoms in total. The van der Waals surface area contributed by atoms with Crippen LogP contribution >= 0.6 is 23.2 Å². The molecule has 3 aromatic rings. The number of aliphatic hydroxyl groups excluding tert-OH is 1. The first-order valence-electron chi connectivity index (χ1n) is 6.13. The summed E-state index contributed by atoms with van der Waals surface area (Å²) in [6.07, 6.45) is 0.845. The summed E-state index contributed by atoms with van der Waals surface area (Å²) >= 11 is 12.1. The summed E-state index contributed by atoms with van der Waals surface area (Å²) in [4.78, 5) is 4.34. The second kappa shape index (κ2) is 5.41. The SMILES string of the molecule is OC(c1cc(Cl)ccc1Cl)c1cccc2cccnc12. The first kappa shape index (κ1) is 13.4. The van der Waals surface area contributed by atoms with Gasteiger partial charge < -0.3 is 5.11 Å². The van der Waals surface area contributed by atoms with Gasteiger partial charge in [0.2, 0.25) is 0 Å². The summed E-state index contributed by atoms with van der Waals surface area (Å²) in [5, 5.41) is 12.6. The molecule has 3 rings (SSSR count). The van der Waals surface area contributed by atoms with Gasteiger partial charge in [0.25, 0.3) is 0 Å². The number of nitrogens with zero attached hydrogens (tertiary/aromatic N) is 1. The van der Waals surface area contributed by atoms with Crippen molar-refractivity contribution in [3.8, 4) is 0 Å². The lowest BCUT2D eigenvalue weighted by Crippen LogP contribution is -2.02. The molecule has 0 fully saturated rings. The minimum absolute atomic E-state index is 0.481. The van der Waals surface area contributed by atoms with Gasteiger partial charge in [-0.25, -0.2) is 0 Å². The highest BCUT2D eigenvalue weighted by molar-refractivity contribution is 6.33. The highest BCUT2D eigenvalue weighted by Gasteiger charge is 2.17. The molecule has 0 aliphatic rings. The first-order valence-corrected chi connectivity index (χ1v) is 6.89. The van der Waals surface area contributed by atoms with Crippen LogP contribution in [0.5, 0.6) is 0 Å². The zero-order valence-electron chi connectivity index (χ0n) is 10.4. The normalized spacial score (nSPS) is 12.6. The zero-order chi connectivity index (χ0) is 14.1. The van der Waals surface area contributed by atoms with Crippen molar-refractivity contribution < 1.29 is 5.11 Å². The Morgan fingerprint density at radius 3 is 2.60 bits per heavy atom. The van der Waals surface area contributed by atoms with Gasteiger partial charge in [0.05, 0.1) is 5.52 Å². The number of aromatic nitrogens is 1. The van der Waals surface area contributed by atoms with Gasteiger partial charge in [-0.1, -0.05) is 47.5 Å². The Labute approximate surface area is 126 Å². The number of halogens is 2. The Morgan fingerprint density at radius 1 is 0.950 bits per heavy atom. The Balaban J connectivity index is 2.17. The minimum atomic E-state index is -0.861. The summed E-state index contributed by atoms with van der Waals surface area (Å²) in [5.74, 6) is 0. The van der Waals surface area contributed by atoms with Gasteiger partial charge in [-0.3, -0.25) is 4.98 Å². The highest BCUT2D eigenvalue weighted by Crippen LogP contribution is 2.33. The molecule has 0 amide bonds. The van der Waals surface area contributed by atoms with E-state index in [-0.39, 0.29) is 0 Å². The minimum Gasteiger partial charge on any atom is -0.384 e. The number of rotatable bonds is 2. The fraction of sp³-hybridized carbons (Fsp3) is 0.0625. The predicted molar refractivity (Wildman–Crippen MR) is 82.3 cm³/mol. The van der Waals surface area contributed by atoms with Crippen LogP contribution in [0.1, 0.15) is 17.2 Å². The molecule has 100 valence electrons. The van der Waals surface area contributed by atoms with E-state index in [1.807, 2.05) is 30.3 Å². The summed E-state index contributed by atoms with van der Waals surface area (Å²) in [6, 6.07) is 14.6. The van der Waals surface area contributed by atoms with E-state index < -0.39 is 6.10 Å². The maximum absolute atomic E-state index is 10.6. The molecule has 1 unspecified atom stereocenters. The molecular formula is C16H11Cl2NO. The Morgan fingerprint density at radius 2 is 1.75 bits per heavy atom. The van der Waals surface area contributed by atoms with Crippen LogP contribution in [0.4, 0.5) is 0 Å². The quantitative estimate of drug-likeness (QED) is 0.749. The molecule has 0 aliphatic heterocycles. The molecule has 1 heterocycles. The molecule has 4 heteroatoms. The average Bonchev–Trinajstić information content (AvgIpc) is 2.48. The lowest BCUT2D eigenvalue weighted by atomic mass is 9.99. The molecule has 20 heavy (non-hydrogen) atoms. The van der Waals surface area contributed by atoms with Crippen molar-refractivity contribution >= 4 is 34.1 Å². The number of hydrogen-bond donors (Lipinski definition) is 1. The van der Waals surface area contributed by atoms with Crippen LogP contribution in [0, 0.1) is 0 Å². The maximum Gasteiger partial charge on any atom is 0.108 e. The van der Waals surface area contributed by atoms with Crippen LogP contribution < -0.4 is 0 Å².